The van der Waals surface area contributed by atoms with E-state index < -0.39 is 13.1 Å². The van der Waals surface area contributed by atoms with Gasteiger partial charge in [-0.25, -0.2) is 0 Å². The van der Waals surface area contributed by atoms with E-state index in [1.165, 1.54) is 103 Å². The van der Waals surface area contributed by atoms with Gasteiger partial charge in [0.2, 0.25) is 0 Å². The third-order valence-corrected chi connectivity index (χ3v) is 10.9. The third kappa shape index (κ3) is 42.0. The van der Waals surface area contributed by atoms with Crippen molar-refractivity contribution in [2.75, 3.05) is 54.1 Å². The minimum absolute atomic E-state index is 0.0289. The number of rotatable bonds is 39. The van der Waals surface area contributed by atoms with E-state index in [-0.39, 0.29) is 24.9 Å². The van der Waals surface area contributed by atoms with E-state index in [0.29, 0.717) is 24.1 Å². The van der Waals surface area contributed by atoms with Crippen molar-refractivity contribution < 1.29 is 32.5 Å². The van der Waals surface area contributed by atoms with Gasteiger partial charge in [-0.2, -0.15) is 0 Å². The van der Waals surface area contributed by atoms with Crippen LogP contribution in [0.15, 0.2) is 48.6 Å². The van der Waals surface area contributed by atoms with E-state index >= 15 is 0 Å². The second-order valence-electron chi connectivity index (χ2n) is 15.4. The first-order valence-corrected chi connectivity index (χ1v) is 23.7. The number of hydrogen-bond donors (Lipinski definition) is 0. The van der Waals surface area contributed by atoms with Gasteiger partial charge in [-0.3, -0.25) is 9.36 Å². The third-order valence-electron chi connectivity index (χ3n) is 8.88. The van der Waals surface area contributed by atoms with Crippen LogP contribution in [0.5, 0.6) is 0 Å². The van der Waals surface area contributed by atoms with Crippen LogP contribution in [0.1, 0.15) is 168 Å². The maximum atomic E-state index is 12.8. The Morgan fingerprint density at radius 1 is 0.604 bits per heavy atom. The summed E-state index contributed by atoms with van der Waals surface area (Å²) < 4.78 is 29.2. The van der Waals surface area contributed by atoms with Gasteiger partial charge in [0, 0.05) is 13.0 Å². The molecular formula is C44H82NO6PS. The molecule has 0 aliphatic carbocycles. The van der Waals surface area contributed by atoms with Crippen LogP contribution >= 0.6 is 19.6 Å². The van der Waals surface area contributed by atoms with Crippen molar-refractivity contribution in [1.82, 2.24) is 0 Å². The molecular weight excluding hydrogens is 702 g/mol. The van der Waals surface area contributed by atoms with Gasteiger partial charge in [0.25, 0.3) is 7.82 Å². The summed E-state index contributed by atoms with van der Waals surface area (Å²) in [5.74, 6) is 0. The van der Waals surface area contributed by atoms with Gasteiger partial charge >= 0.3 is 0 Å². The van der Waals surface area contributed by atoms with Gasteiger partial charge in [-0.15, -0.1) is 0 Å². The molecule has 0 spiro atoms. The molecule has 0 bridgehead atoms. The van der Waals surface area contributed by atoms with Crippen LogP contribution < -0.4 is 4.89 Å². The lowest BCUT2D eigenvalue weighted by Crippen LogP contribution is -2.37. The van der Waals surface area contributed by atoms with Gasteiger partial charge < -0.3 is 23.2 Å². The molecule has 0 radical (unpaired) electrons. The number of thioether (sulfide) groups is 1. The molecule has 0 heterocycles. The van der Waals surface area contributed by atoms with E-state index in [9.17, 15) is 14.3 Å². The highest BCUT2D eigenvalue weighted by molar-refractivity contribution is 8.14. The number of phosphoric acid groups is 1. The van der Waals surface area contributed by atoms with Crippen LogP contribution in [0.4, 0.5) is 0 Å². The fraction of sp³-hybridized carbons (Fsp3) is 0.795. The Labute approximate surface area is 332 Å². The number of carbonyl (C=O) groups is 1. The molecule has 0 rings (SSSR count). The fourth-order valence-corrected chi connectivity index (χ4v) is 7.32. The minimum Gasteiger partial charge on any atom is -0.756 e. The van der Waals surface area contributed by atoms with E-state index in [1.807, 2.05) is 21.1 Å². The zero-order chi connectivity index (χ0) is 39.1. The summed E-state index contributed by atoms with van der Waals surface area (Å²) in [6.45, 7) is 5.82. The molecule has 7 nitrogen and oxygen atoms in total. The van der Waals surface area contributed by atoms with Gasteiger partial charge in [0.15, 0.2) is 5.12 Å². The van der Waals surface area contributed by atoms with Crippen molar-refractivity contribution >= 4 is 24.7 Å². The molecule has 0 fully saturated rings. The standard InChI is InChI=1S/C44H82NO6PS/c1-6-8-10-12-14-16-18-20-22-23-24-25-27-29-31-33-35-37-44(46)53-43(42-51-52(47,48)50-40-38-45(3,4)5)41-49-39-36-34-32-30-28-26-21-19-17-15-13-11-9-7-2/h14,16,20,22,24-25,29,31,43H,6-13,15,17-19,21,23,26-28,30,32-42H2,1-5H3/b16-14+,22-20+,25-24+,31-29+/t43-/m1/s1. The lowest BCUT2D eigenvalue weighted by Gasteiger charge is -2.28. The predicted molar refractivity (Wildman–Crippen MR) is 228 cm³/mol. The smallest absolute Gasteiger partial charge is 0.268 e. The van der Waals surface area contributed by atoms with Gasteiger partial charge in [0.1, 0.15) is 13.2 Å². The molecule has 0 saturated carbocycles. The first-order valence-electron chi connectivity index (χ1n) is 21.4. The SMILES string of the molecule is CCCCC/C=C/C/C=C/C/C=C/C/C=C/CCCC(=O)S[C@H](COCCCCCCCCCCCCCCCC)COP(=O)([O-])OCC[N+](C)(C)C. The van der Waals surface area contributed by atoms with Crippen molar-refractivity contribution in [1.29, 1.82) is 0 Å². The minimum atomic E-state index is -4.47. The molecule has 2 atom stereocenters. The van der Waals surface area contributed by atoms with Crippen molar-refractivity contribution in [3.8, 4) is 0 Å². The number of unbranched alkanes of at least 4 members (excludes halogenated alkanes) is 17. The quantitative estimate of drug-likeness (QED) is 0.0266. The van der Waals surface area contributed by atoms with Crippen LogP contribution in [-0.4, -0.2) is 69.0 Å². The molecule has 53 heavy (non-hydrogen) atoms. The summed E-state index contributed by atoms with van der Waals surface area (Å²) in [6.07, 6.45) is 45.7. The fourth-order valence-electron chi connectivity index (χ4n) is 5.54. The Morgan fingerprint density at radius 2 is 1.06 bits per heavy atom. The second-order valence-corrected chi connectivity index (χ2v) is 18.1. The first kappa shape index (κ1) is 52.0. The summed E-state index contributed by atoms with van der Waals surface area (Å²) in [4.78, 5) is 25.2. The van der Waals surface area contributed by atoms with E-state index in [2.05, 4.69) is 62.5 Å². The number of likely N-dealkylation sites (N-methyl/N-ethyl adjacent to an activating group) is 1. The molecule has 9 heteroatoms. The number of ether oxygens (including phenoxy) is 1. The molecule has 0 saturated heterocycles. The van der Waals surface area contributed by atoms with Crippen molar-refractivity contribution in [2.24, 2.45) is 0 Å². The number of quaternary nitrogens is 1. The lowest BCUT2D eigenvalue weighted by atomic mass is 10.0. The summed E-state index contributed by atoms with van der Waals surface area (Å²) in [5.41, 5.74) is 0. The monoisotopic (exact) mass is 784 g/mol. The number of carbonyl (C=O) groups excluding carboxylic acids is 1. The highest BCUT2D eigenvalue weighted by Crippen LogP contribution is 2.39. The van der Waals surface area contributed by atoms with Gasteiger partial charge in [-0.05, 0) is 51.4 Å². The van der Waals surface area contributed by atoms with Crippen LogP contribution in [0.2, 0.25) is 0 Å². The molecule has 0 N–H and O–H groups in total. The van der Waals surface area contributed by atoms with Gasteiger partial charge in [-0.1, -0.05) is 171 Å². The largest absolute Gasteiger partial charge is 0.756 e. The molecule has 0 aliphatic rings. The van der Waals surface area contributed by atoms with E-state index in [0.717, 1.165) is 56.7 Å². The lowest BCUT2D eigenvalue weighted by molar-refractivity contribution is -0.870. The number of allylic oxidation sites excluding steroid dienone is 8. The zero-order valence-electron chi connectivity index (χ0n) is 35.0. The molecule has 0 aliphatic heterocycles. The Morgan fingerprint density at radius 3 is 1.57 bits per heavy atom. The first-order chi connectivity index (χ1) is 25.6. The highest BCUT2D eigenvalue weighted by atomic mass is 32.2. The highest BCUT2D eigenvalue weighted by Gasteiger charge is 2.20. The summed E-state index contributed by atoms with van der Waals surface area (Å²) in [7, 11) is 1.44. The predicted octanol–water partition coefficient (Wildman–Crippen LogP) is 12.5. The Hall–Kier alpha value is -0.990. The number of phosphoric ester groups is 1. The van der Waals surface area contributed by atoms with Crippen molar-refractivity contribution in [3.63, 3.8) is 0 Å². The normalized spacial score (nSPS) is 14.4. The molecule has 0 aromatic carbocycles. The van der Waals surface area contributed by atoms with E-state index in [4.69, 9.17) is 13.8 Å². The zero-order valence-corrected chi connectivity index (χ0v) is 36.7. The summed E-state index contributed by atoms with van der Waals surface area (Å²) >= 11 is 1.14. The maximum Gasteiger partial charge on any atom is 0.268 e. The van der Waals surface area contributed by atoms with Crippen LogP contribution in [-0.2, 0) is 23.1 Å². The number of nitrogens with zero attached hydrogens (tertiary/aromatic N) is 1. The number of hydrogen-bond acceptors (Lipinski definition) is 7. The average Bonchev–Trinajstić information content (AvgIpc) is 3.11. The van der Waals surface area contributed by atoms with Crippen molar-refractivity contribution in [3.05, 3.63) is 48.6 Å². The second kappa shape index (κ2) is 37.9. The molecule has 0 aromatic heterocycles. The van der Waals surface area contributed by atoms with Gasteiger partial charge in [0.05, 0.1) is 39.6 Å². The molecule has 0 aromatic rings. The van der Waals surface area contributed by atoms with Crippen LogP contribution in [0.3, 0.4) is 0 Å². The average molecular weight is 784 g/mol. The topological polar surface area (TPSA) is 84.9 Å². The van der Waals surface area contributed by atoms with Crippen LogP contribution in [0.25, 0.3) is 0 Å². The molecule has 1 unspecified atom stereocenters. The van der Waals surface area contributed by atoms with Crippen LogP contribution in [0, 0.1) is 0 Å². The van der Waals surface area contributed by atoms with Crippen molar-refractivity contribution in [2.45, 2.75) is 173 Å². The van der Waals surface area contributed by atoms with E-state index in [1.54, 1.807) is 0 Å². The summed E-state index contributed by atoms with van der Waals surface area (Å²) in [6, 6.07) is 0. The summed E-state index contributed by atoms with van der Waals surface area (Å²) in [5, 5.41) is -0.378. The maximum absolute atomic E-state index is 12.8. The Bertz CT molecular complexity index is 993. The molecule has 0 amide bonds. The molecule has 310 valence electrons. The Balaban J connectivity index is 4.36. The Kier molecular flexibility index (Phi) is 37.2.